The van der Waals surface area contributed by atoms with E-state index < -0.39 is 24.5 Å². The molecule has 2 rings (SSSR count). The Bertz CT molecular complexity index is 728. The van der Waals surface area contributed by atoms with E-state index in [0.717, 1.165) is 0 Å². The summed E-state index contributed by atoms with van der Waals surface area (Å²) < 4.78 is 45.4. The van der Waals surface area contributed by atoms with E-state index in [-0.39, 0.29) is 22.0 Å². The number of nitrogens with one attached hydrogen (secondary N) is 1. The lowest BCUT2D eigenvalue weighted by Gasteiger charge is -2.05. The Hall–Kier alpha value is -2.42. The normalized spacial score (nSPS) is 11.1. The molecule has 0 radical (unpaired) electrons. The summed E-state index contributed by atoms with van der Waals surface area (Å²) in [6.07, 6.45) is -5.42. The minimum Gasteiger partial charge on any atom is -0.427 e. The molecular formula is C14H11F3N2O3S. The van der Waals surface area contributed by atoms with Crippen molar-refractivity contribution in [3.63, 3.8) is 0 Å². The largest absolute Gasteiger partial charge is 0.427 e. The van der Waals surface area contributed by atoms with Gasteiger partial charge in [-0.3, -0.25) is 9.59 Å². The maximum atomic E-state index is 12.3. The standard InChI is InChI=1S/C14H11F3N2O3S/c1-8(20)22-10-4-2-3-9(5-10)13(21)18-12-6-11(23-19-12)7-14(15,16)17/h2-6H,7H2,1H3,(H,18,19,21). The molecule has 2 aromatic rings. The van der Waals surface area contributed by atoms with Gasteiger partial charge in [-0.05, 0) is 35.8 Å². The van der Waals surface area contributed by atoms with E-state index in [0.29, 0.717) is 11.5 Å². The van der Waals surface area contributed by atoms with Crippen LogP contribution in [0.1, 0.15) is 22.2 Å². The molecule has 0 saturated heterocycles. The van der Waals surface area contributed by atoms with E-state index in [1.54, 1.807) is 0 Å². The molecule has 122 valence electrons. The third-order valence-electron chi connectivity index (χ3n) is 2.53. The second kappa shape index (κ2) is 6.78. The summed E-state index contributed by atoms with van der Waals surface area (Å²) in [5.74, 6) is -0.861. The zero-order valence-electron chi connectivity index (χ0n) is 11.8. The highest BCUT2D eigenvalue weighted by Gasteiger charge is 2.29. The lowest BCUT2D eigenvalue weighted by atomic mass is 10.2. The van der Waals surface area contributed by atoms with Gasteiger partial charge < -0.3 is 10.1 Å². The van der Waals surface area contributed by atoms with E-state index in [1.807, 2.05) is 0 Å². The fourth-order valence-electron chi connectivity index (χ4n) is 1.71. The lowest BCUT2D eigenvalue weighted by Crippen LogP contribution is -2.13. The number of ether oxygens (including phenoxy) is 1. The van der Waals surface area contributed by atoms with Gasteiger partial charge in [-0.2, -0.15) is 17.5 Å². The first-order valence-electron chi connectivity index (χ1n) is 6.35. The SMILES string of the molecule is CC(=O)Oc1cccc(C(=O)Nc2cc(CC(F)(F)F)sn2)c1. The molecule has 0 aliphatic rings. The van der Waals surface area contributed by atoms with Crippen LogP contribution in [0.4, 0.5) is 19.0 Å². The van der Waals surface area contributed by atoms with Crippen LogP contribution in [0.3, 0.4) is 0 Å². The Morgan fingerprint density at radius 3 is 2.70 bits per heavy atom. The zero-order valence-corrected chi connectivity index (χ0v) is 12.6. The average Bonchev–Trinajstić information content (AvgIpc) is 2.83. The fourth-order valence-corrected chi connectivity index (χ4v) is 2.41. The van der Waals surface area contributed by atoms with Crippen molar-refractivity contribution in [3.8, 4) is 5.75 Å². The first-order valence-corrected chi connectivity index (χ1v) is 7.12. The first-order chi connectivity index (χ1) is 10.7. The molecule has 1 aromatic carbocycles. The van der Waals surface area contributed by atoms with Gasteiger partial charge in [-0.1, -0.05) is 6.07 Å². The summed E-state index contributed by atoms with van der Waals surface area (Å²) in [6, 6.07) is 7.02. The van der Waals surface area contributed by atoms with Crippen molar-refractivity contribution >= 4 is 29.2 Å². The molecule has 1 amide bonds. The molecule has 0 unspecified atom stereocenters. The van der Waals surface area contributed by atoms with Gasteiger partial charge in [0.25, 0.3) is 5.91 Å². The number of benzene rings is 1. The number of aromatic nitrogens is 1. The molecule has 9 heteroatoms. The number of carbonyl (C=O) groups excluding carboxylic acids is 2. The number of carbonyl (C=O) groups is 2. The highest BCUT2D eigenvalue weighted by molar-refractivity contribution is 7.06. The lowest BCUT2D eigenvalue weighted by molar-refractivity contribution is -0.132. The van der Waals surface area contributed by atoms with Crippen molar-refractivity contribution in [1.29, 1.82) is 0 Å². The minimum atomic E-state index is -4.33. The van der Waals surface area contributed by atoms with Crippen molar-refractivity contribution in [2.24, 2.45) is 0 Å². The van der Waals surface area contributed by atoms with Gasteiger partial charge >= 0.3 is 12.1 Å². The van der Waals surface area contributed by atoms with Crippen LogP contribution < -0.4 is 10.1 Å². The summed E-state index contributed by atoms with van der Waals surface area (Å²) in [7, 11) is 0. The summed E-state index contributed by atoms with van der Waals surface area (Å²) in [5, 5.41) is 2.40. The quantitative estimate of drug-likeness (QED) is 0.682. The molecule has 23 heavy (non-hydrogen) atoms. The maximum Gasteiger partial charge on any atom is 0.393 e. The van der Waals surface area contributed by atoms with Gasteiger partial charge in [0.15, 0.2) is 0 Å². The van der Waals surface area contributed by atoms with Crippen molar-refractivity contribution < 1.29 is 27.5 Å². The molecule has 1 aromatic heterocycles. The van der Waals surface area contributed by atoms with Crippen molar-refractivity contribution in [1.82, 2.24) is 4.37 Å². The number of anilines is 1. The smallest absolute Gasteiger partial charge is 0.393 e. The van der Waals surface area contributed by atoms with Crippen LogP contribution in [-0.2, 0) is 11.2 Å². The number of amides is 1. The monoisotopic (exact) mass is 344 g/mol. The molecule has 0 aliphatic carbocycles. The van der Waals surface area contributed by atoms with E-state index in [1.165, 1.54) is 37.3 Å². The third-order valence-corrected chi connectivity index (χ3v) is 3.32. The van der Waals surface area contributed by atoms with Gasteiger partial charge in [0.2, 0.25) is 0 Å². The van der Waals surface area contributed by atoms with Crippen LogP contribution in [-0.4, -0.2) is 22.4 Å². The molecule has 1 heterocycles. The number of hydrogen-bond acceptors (Lipinski definition) is 5. The van der Waals surface area contributed by atoms with E-state index in [2.05, 4.69) is 9.69 Å². The van der Waals surface area contributed by atoms with Crippen molar-refractivity contribution in [2.75, 3.05) is 5.32 Å². The molecule has 5 nitrogen and oxygen atoms in total. The zero-order chi connectivity index (χ0) is 17.0. The fraction of sp³-hybridized carbons (Fsp3) is 0.214. The summed E-state index contributed by atoms with van der Waals surface area (Å²) in [6.45, 7) is 1.23. The van der Waals surface area contributed by atoms with Gasteiger partial charge in [-0.15, -0.1) is 0 Å². The van der Waals surface area contributed by atoms with Crippen LogP contribution in [0.15, 0.2) is 30.3 Å². The molecule has 0 atom stereocenters. The molecule has 0 saturated carbocycles. The highest BCUT2D eigenvalue weighted by Crippen LogP contribution is 2.25. The Kier molecular flexibility index (Phi) is 4.99. The Morgan fingerprint density at radius 1 is 1.30 bits per heavy atom. The van der Waals surface area contributed by atoms with Gasteiger partial charge in [0, 0.05) is 17.4 Å². The first kappa shape index (κ1) is 16.9. The summed E-state index contributed by atoms with van der Waals surface area (Å²) in [5.41, 5.74) is 0.189. The predicted molar refractivity (Wildman–Crippen MR) is 77.6 cm³/mol. The van der Waals surface area contributed by atoms with Gasteiger partial charge in [-0.25, -0.2) is 0 Å². The van der Waals surface area contributed by atoms with Crippen LogP contribution in [0, 0.1) is 0 Å². The number of halogens is 3. The van der Waals surface area contributed by atoms with Crippen molar-refractivity contribution in [2.45, 2.75) is 19.5 Å². The number of rotatable bonds is 4. The predicted octanol–water partition coefficient (Wildman–Crippen LogP) is 3.43. The van der Waals surface area contributed by atoms with Crippen LogP contribution in [0.25, 0.3) is 0 Å². The Balaban J connectivity index is 2.06. The number of hydrogen-bond donors (Lipinski definition) is 1. The molecule has 1 N–H and O–H groups in total. The second-order valence-electron chi connectivity index (χ2n) is 4.55. The van der Waals surface area contributed by atoms with Crippen LogP contribution >= 0.6 is 11.5 Å². The van der Waals surface area contributed by atoms with Crippen LogP contribution in [0.5, 0.6) is 5.75 Å². The number of nitrogens with zero attached hydrogens (tertiary/aromatic N) is 1. The Morgan fingerprint density at radius 2 is 2.04 bits per heavy atom. The third kappa shape index (κ3) is 5.37. The van der Waals surface area contributed by atoms with Crippen molar-refractivity contribution in [3.05, 3.63) is 40.8 Å². The minimum absolute atomic E-state index is 0.00136. The van der Waals surface area contributed by atoms with Crippen LogP contribution in [0.2, 0.25) is 0 Å². The van der Waals surface area contributed by atoms with Gasteiger partial charge in [0.1, 0.15) is 11.6 Å². The van der Waals surface area contributed by atoms with Gasteiger partial charge in [0.05, 0.1) is 6.42 Å². The molecule has 0 fully saturated rings. The topological polar surface area (TPSA) is 68.3 Å². The Labute approximate surface area is 133 Å². The summed E-state index contributed by atoms with van der Waals surface area (Å²) in [4.78, 5) is 22.9. The molecule has 0 bridgehead atoms. The average molecular weight is 344 g/mol. The molecular weight excluding hydrogens is 333 g/mol. The molecule has 0 spiro atoms. The highest BCUT2D eigenvalue weighted by atomic mass is 32.1. The van der Waals surface area contributed by atoms with E-state index in [9.17, 15) is 22.8 Å². The maximum absolute atomic E-state index is 12.3. The summed E-state index contributed by atoms with van der Waals surface area (Å²) >= 11 is 0.671. The number of esters is 1. The van der Waals surface area contributed by atoms with E-state index in [4.69, 9.17) is 4.74 Å². The van der Waals surface area contributed by atoms with E-state index >= 15 is 0 Å². The molecule has 0 aliphatic heterocycles. The number of alkyl halides is 3. The second-order valence-corrected chi connectivity index (χ2v) is 5.44.